The summed E-state index contributed by atoms with van der Waals surface area (Å²) in [6.45, 7) is 14.2. The maximum absolute atomic E-state index is 9.08. The SMILES string of the molecule is CC[N+](CC)(CC)CC.CS(=O)(=O)[O-]. The van der Waals surface area contributed by atoms with Gasteiger partial charge in [0.1, 0.15) is 0 Å². The van der Waals surface area contributed by atoms with Crippen LogP contribution in [0.5, 0.6) is 0 Å². The van der Waals surface area contributed by atoms with Crippen LogP contribution in [0, 0.1) is 0 Å². The van der Waals surface area contributed by atoms with Gasteiger partial charge in [-0.3, -0.25) is 0 Å². The Kier molecular flexibility index (Phi) is 8.39. The van der Waals surface area contributed by atoms with Crippen LogP contribution >= 0.6 is 0 Å². The van der Waals surface area contributed by atoms with Crippen molar-refractivity contribution in [3.05, 3.63) is 0 Å². The van der Waals surface area contributed by atoms with Crippen LogP contribution in [0.1, 0.15) is 27.7 Å². The van der Waals surface area contributed by atoms with Crippen molar-refractivity contribution in [3.63, 3.8) is 0 Å². The highest BCUT2D eigenvalue weighted by molar-refractivity contribution is 7.84. The maximum Gasteiger partial charge on any atom is 0.0916 e. The van der Waals surface area contributed by atoms with Crippen LogP contribution in [0.2, 0.25) is 0 Å². The summed E-state index contributed by atoms with van der Waals surface area (Å²) in [4.78, 5) is 0. The van der Waals surface area contributed by atoms with Crippen molar-refractivity contribution in [1.29, 1.82) is 0 Å². The maximum atomic E-state index is 9.08. The third-order valence-electron chi connectivity index (χ3n) is 2.68. The van der Waals surface area contributed by atoms with Gasteiger partial charge in [0.25, 0.3) is 0 Å². The summed E-state index contributed by atoms with van der Waals surface area (Å²) in [5, 5.41) is 0. The molecule has 0 aromatic rings. The van der Waals surface area contributed by atoms with E-state index in [9.17, 15) is 0 Å². The topological polar surface area (TPSA) is 57.2 Å². The van der Waals surface area contributed by atoms with Gasteiger partial charge in [0.2, 0.25) is 0 Å². The molecular weight excluding hydrogens is 202 g/mol. The first-order chi connectivity index (χ1) is 6.24. The summed E-state index contributed by atoms with van der Waals surface area (Å²) >= 11 is 0. The second kappa shape index (κ2) is 7.20. The van der Waals surface area contributed by atoms with Crippen molar-refractivity contribution in [1.82, 2.24) is 0 Å². The number of hydrogen-bond acceptors (Lipinski definition) is 3. The summed E-state index contributed by atoms with van der Waals surface area (Å²) in [5.41, 5.74) is 0. The van der Waals surface area contributed by atoms with Crippen LogP contribution in [0.3, 0.4) is 0 Å². The standard InChI is InChI=1S/C8H20N.CH4O3S/c1-5-9(6-2,7-3)8-4;1-5(2,3)4/h5-8H2,1-4H3;1H3,(H,2,3,4)/q+1;/p-1. The van der Waals surface area contributed by atoms with Gasteiger partial charge in [0, 0.05) is 6.26 Å². The normalized spacial score (nSPS) is 11.9. The molecule has 0 aromatic heterocycles. The lowest BCUT2D eigenvalue weighted by molar-refractivity contribution is -0.921. The molecule has 4 nitrogen and oxygen atoms in total. The lowest BCUT2D eigenvalue weighted by Gasteiger charge is -2.34. The van der Waals surface area contributed by atoms with Crippen molar-refractivity contribution < 1.29 is 17.5 Å². The Morgan fingerprint density at radius 3 is 1.07 bits per heavy atom. The summed E-state index contributed by atoms with van der Waals surface area (Å²) in [6.07, 6.45) is 0.604. The third kappa shape index (κ3) is 9.95. The Morgan fingerprint density at radius 1 is 0.929 bits per heavy atom. The Balaban J connectivity index is 0. The molecule has 0 saturated carbocycles. The van der Waals surface area contributed by atoms with Crippen LogP contribution in [0.25, 0.3) is 0 Å². The van der Waals surface area contributed by atoms with Crippen molar-refractivity contribution in [3.8, 4) is 0 Å². The highest BCUT2D eigenvalue weighted by Gasteiger charge is 2.16. The monoisotopic (exact) mass is 225 g/mol. The lowest BCUT2D eigenvalue weighted by Crippen LogP contribution is -2.47. The van der Waals surface area contributed by atoms with Crippen LogP contribution in [-0.2, 0) is 10.1 Å². The van der Waals surface area contributed by atoms with E-state index in [0.717, 1.165) is 0 Å². The molecule has 0 unspecified atom stereocenters. The fraction of sp³-hybridized carbons (Fsp3) is 1.00. The number of nitrogens with zero attached hydrogens (tertiary/aromatic N) is 1. The Bertz CT molecular complexity index is 195. The molecular formula is C9H23NO3S. The van der Waals surface area contributed by atoms with E-state index in [-0.39, 0.29) is 0 Å². The molecule has 0 aliphatic heterocycles. The van der Waals surface area contributed by atoms with Crippen LogP contribution in [0.15, 0.2) is 0 Å². The van der Waals surface area contributed by atoms with E-state index in [1.807, 2.05) is 0 Å². The molecule has 0 fully saturated rings. The smallest absolute Gasteiger partial charge is 0.0916 e. The number of rotatable bonds is 4. The van der Waals surface area contributed by atoms with Crippen molar-refractivity contribution in [2.75, 3.05) is 32.4 Å². The summed E-state index contributed by atoms with van der Waals surface area (Å²) in [6, 6.07) is 0. The molecule has 0 spiro atoms. The van der Waals surface area contributed by atoms with Gasteiger partial charge in [-0.15, -0.1) is 0 Å². The van der Waals surface area contributed by atoms with E-state index in [2.05, 4.69) is 27.7 Å². The average Bonchev–Trinajstić information content (AvgIpc) is 2.07. The molecule has 0 bridgehead atoms. The van der Waals surface area contributed by atoms with Gasteiger partial charge in [-0.2, -0.15) is 0 Å². The van der Waals surface area contributed by atoms with Gasteiger partial charge < -0.3 is 9.04 Å². The van der Waals surface area contributed by atoms with Gasteiger partial charge in [-0.1, -0.05) is 0 Å². The van der Waals surface area contributed by atoms with Crippen molar-refractivity contribution in [2.45, 2.75) is 27.7 Å². The zero-order valence-electron chi connectivity index (χ0n) is 9.91. The van der Waals surface area contributed by atoms with Gasteiger partial charge >= 0.3 is 0 Å². The van der Waals surface area contributed by atoms with Crippen LogP contribution in [0.4, 0.5) is 0 Å². The Morgan fingerprint density at radius 2 is 1.07 bits per heavy atom. The third-order valence-corrected chi connectivity index (χ3v) is 2.68. The second-order valence-electron chi connectivity index (χ2n) is 3.31. The van der Waals surface area contributed by atoms with Gasteiger partial charge in [-0.25, -0.2) is 8.42 Å². The quantitative estimate of drug-likeness (QED) is 0.530. The van der Waals surface area contributed by atoms with E-state index in [1.54, 1.807) is 0 Å². The zero-order valence-corrected chi connectivity index (χ0v) is 10.7. The lowest BCUT2D eigenvalue weighted by atomic mass is 10.3. The molecule has 0 heterocycles. The van der Waals surface area contributed by atoms with Crippen molar-refractivity contribution >= 4 is 10.1 Å². The first kappa shape index (κ1) is 16.3. The van der Waals surface area contributed by atoms with E-state index in [1.165, 1.54) is 30.7 Å². The Labute approximate surface area is 88.3 Å². The number of hydrogen-bond donors (Lipinski definition) is 0. The molecule has 0 N–H and O–H groups in total. The summed E-state index contributed by atoms with van der Waals surface area (Å²) in [7, 11) is -3.92. The second-order valence-corrected chi connectivity index (χ2v) is 4.72. The van der Waals surface area contributed by atoms with E-state index < -0.39 is 10.1 Å². The first-order valence-electron chi connectivity index (χ1n) is 5.00. The summed E-state index contributed by atoms with van der Waals surface area (Å²) in [5.74, 6) is 0. The minimum Gasteiger partial charge on any atom is -0.748 e. The molecule has 0 radical (unpaired) electrons. The Hall–Kier alpha value is -0.130. The molecule has 14 heavy (non-hydrogen) atoms. The van der Waals surface area contributed by atoms with Crippen LogP contribution < -0.4 is 0 Å². The van der Waals surface area contributed by atoms with Crippen molar-refractivity contribution in [2.24, 2.45) is 0 Å². The molecule has 0 aliphatic carbocycles. The minimum absolute atomic E-state index is 0.604. The van der Waals surface area contributed by atoms with Gasteiger partial charge in [-0.05, 0) is 27.7 Å². The first-order valence-corrected chi connectivity index (χ1v) is 6.82. The van der Waals surface area contributed by atoms with E-state index in [0.29, 0.717) is 6.26 Å². The molecule has 0 aromatic carbocycles. The highest BCUT2D eigenvalue weighted by atomic mass is 32.2. The van der Waals surface area contributed by atoms with Gasteiger partial charge in [0.05, 0.1) is 36.3 Å². The average molecular weight is 225 g/mol. The molecule has 0 rings (SSSR count). The molecule has 0 saturated heterocycles. The number of quaternary nitrogens is 1. The predicted octanol–water partition coefficient (Wildman–Crippen LogP) is 1.04. The molecule has 0 amide bonds. The van der Waals surface area contributed by atoms with E-state index >= 15 is 0 Å². The molecule has 0 aliphatic rings. The fourth-order valence-corrected chi connectivity index (χ4v) is 1.34. The van der Waals surface area contributed by atoms with Crippen LogP contribution in [-0.4, -0.2) is 49.9 Å². The fourth-order valence-electron chi connectivity index (χ4n) is 1.34. The zero-order chi connectivity index (χ0) is 11.8. The highest BCUT2D eigenvalue weighted by Crippen LogP contribution is 2.03. The molecule has 0 atom stereocenters. The summed E-state index contributed by atoms with van der Waals surface area (Å²) < 4.78 is 28.5. The predicted molar refractivity (Wildman–Crippen MR) is 58.0 cm³/mol. The van der Waals surface area contributed by atoms with Gasteiger partial charge in [0.15, 0.2) is 0 Å². The molecule has 88 valence electrons. The largest absolute Gasteiger partial charge is 0.748 e. The minimum atomic E-state index is -3.92. The molecule has 5 heteroatoms. The van der Waals surface area contributed by atoms with E-state index in [4.69, 9.17) is 13.0 Å².